The van der Waals surface area contributed by atoms with Crippen molar-refractivity contribution in [3.8, 4) is 0 Å². The van der Waals surface area contributed by atoms with Crippen LogP contribution in [0.5, 0.6) is 0 Å². The van der Waals surface area contributed by atoms with Gasteiger partial charge in [0, 0.05) is 13.2 Å². The molecule has 0 radical (unpaired) electrons. The van der Waals surface area contributed by atoms with Crippen LogP contribution in [0.4, 0.5) is 0 Å². The molecule has 1 aliphatic carbocycles. The normalized spacial score (nSPS) is 22.8. The second kappa shape index (κ2) is 11.9. The maximum absolute atomic E-state index is 12.0. The van der Waals surface area contributed by atoms with Crippen molar-refractivity contribution in [3.05, 3.63) is 0 Å². The fourth-order valence-corrected chi connectivity index (χ4v) is 2.40. The summed E-state index contributed by atoms with van der Waals surface area (Å²) in [7, 11) is 1.63. The molecule has 0 bridgehead atoms. The second-order valence-corrected chi connectivity index (χ2v) is 5.29. The van der Waals surface area contributed by atoms with Crippen LogP contribution in [-0.2, 0) is 23.7 Å². The third-order valence-electron chi connectivity index (χ3n) is 3.65. The molecule has 0 aromatic heterocycles. The number of carbonyl (C=O) groups is 1. The number of hydrogen-bond donors (Lipinski definition) is 1. The van der Waals surface area contributed by atoms with Crippen LogP contribution in [-0.4, -0.2) is 58.8 Å². The highest BCUT2D eigenvalue weighted by atomic mass is 16.6. The van der Waals surface area contributed by atoms with Gasteiger partial charge in [0.25, 0.3) is 0 Å². The lowest BCUT2D eigenvalue weighted by atomic mass is 9.96. The SMILES string of the molecule is COCCOCCOCCOC(=O)C1CCCCCC1N. The van der Waals surface area contributed by atoms with Gasteiger partial charge in [-0.2, -0.15) is 0 Å². The molecule has 1 aliphatic rings. The molecule has 6 nitrogen and oxygen atoms in total. The summed E-state index contributed by atoms with van der Waals surface area (Å²) >= 11 is 0. The number of ether oxygens (including phenoxy) is 4. The number of carbonyl (C=O) groups excluding carboxylic acids is 1. The summed E-state index contributed by atoms with van der Waals surface area (Å²) in [5, 5.41) is 0. The summed E-state index contributed by atoms with van der Waals surface area (Å²) in [5.74, 6) is -0.325. The molecule has 0 amide bonds. The predicted molar refractivity (Wildman–Crippen MR) is 79.0 cm³/mol. The lowest BCUT2D eigenvalue weighted by Crippen LogP contribution is -2.36. The van der Waals surface area contributed by atoms with Gasteiger partial charge in [-0.15, -0.1) is 0 Å². The van der Waals surface area contributed by atoms with E-state index in [0.29, 0.717) is 33.0 Å². The molecule has 2 unspecified atom stereocenters. The van der Waals surface area contributed by atoms with Crippen molar-refractivity contribution in [1.82, 2.24) is 0 Å². The molecule has 2 N–H and O–H groups in total. The zero-order valence-corrected chi connectivity index (χ0v) is 13.1. The summed E-state index contributed by atoms with van der Waals surface area (Å²) in [4.78, 5) is 12.0. The molecule has 124 valence electrons. The lowest BCUT2D eigenvalue weighted by molar-refractivity contribution is -0.151. The minimum Gasteiger partial charge on any atom is -0.463 e. The fourth-order valence-electron chi connectivity index (χ4n) is 2.40. The Bertz CT molecular complexity index is 275. The molecular formula is C15H29NO5. The van der Waals surface area contributed by atoms with Gasteiger partial charge in [0.05, 0.1) is 39.0 Å². The van der Waals surface area contributed by atoms with E-state index >= 15 is 0 Å². The second-order valence-electron chi connectivity index (χ2n) is 5.29. The Labute approximate surface area is 127 Å². The molecule has 0 saturated heterocycles. The number of rotatable bonds is 10. The van der Waals surface area contributed by atoms with Gasteiger partial charge in [-0.05, 0) is 12.8 Å². The molecule has 0 aromatic carbocycles. The van der Waals surface area contributed by atoms with E-state index in [-0.39, 0.29) is 24.5 Å². The lowest BCUT2D eigenvalue weighted by Gasteiger charge is -2.19. The van der Waals surface area contributed by atoms with Crippen molar-refractivity contribution >= 4 is 5.97 Å². The van der Waals surface area contributed by atoms with Crippen molar-refractivity contribution in [3.63, 3.8) is 0 Å². The molecule has 0 aromatic rings. The van der Waals surface area contributed by atoms with Crippen LogP contribution in [0.15, 0.2) is 0 Å². The third kappa shape index (κ3) is 8.36. The summed E-state index contributed by atoms with van der Waals surface area (Å²) in [6, 6.07) is -0.0601. The Kier molecular flexibility index (Phi) is 10.4. The Morgan fingerprint density at radius 1 is 0.952 bits per heavy atom. The van der Waals surface area contributed by atoms with Gasteiger partial charge in [-0.3, -0.25) is 4.79 Å². The molecule has 2 atom stereocenters. The molecule has 1 rings (SSSR count). The first-order chi connectivity index (χ1) is 10.3. The van der Waals surface area contributed by atoms with Crippen LogP contribution in [0.2, 0.25) is 0 Å². The van der Waals surface area contributed by atoms with E-state index in [1.54, 1.807) is 7.11 Å². The number of methoxy groups -OCH3 is 1. The van der Waals surface area contributed by atoms with Crippen molar-refractivity contribution in [2.75, 3.05) is 46.8 Å². The first-order valence-electron chi connectivity index (χ1n) is 7.82. The minimum absolute atomic E-state index is 0.0601. The van der Waals surface area contributed by atoms with Crippen molar-refractivity contribution in [1.29, 1.82) is 0 Å². The largest absolute Gasteiger partial charge is 0.463 e. The number of esters is 1. The van der Waals surface area contributed by atoms with Crippen LogP contribution in [0.25, 0.3) is 0 Å². The first kappa shape index (κ1) is 18.4. The Balaban J connectivity index is 2.00. The van der Waals surface area contributed by atoms with Gasteiger partial charge >= 0.3 is 5.97 Å². The first-order valence-corrected chi connectivity index (χ1v) is 7.82. The highest BCUT2D eigenvalue weighted by Crippen LogP contribution is 2.23. The molecule has 0 spiro atoms. The van der Waals surface area contributed by atoms with E-state index in [0.717, 1.165) is 32.1 Å². The van der Waals surface area contributed by atoms with Crippen LogP contribution in [0, 0.1) is 5.92 Å². The highest BCUT2D eigenvalue weighted by Gasteiger charge is 2.28. The van der Waals surface area contributed by atoms with Crippen LogP contribution in [0.3, 0.4) is 0 Å². The average Bonchev–Trinajstić information content (AvgIpc) is 2.70. The molecule has 0 heterocycles. The minimum atomic E-state index is -0.177. The zero-order valence-electron chi connectivity index (χ0n) is 13.1. The van der Waals surface area contributed by atoms with Crippen LogP contribution < -0.4 is 5.73 Å². The number of hydrogen-bond acceptors (Lipinski definition) is 6. The van der Waals surface area contributed by atoms with Crippen LogP contribution >= 0.6 is 0 Å². The van der Waals surface area contributed by atoms with Crippen molar-refractivity contribution < 1.29 is 23.7 Å². The quantitative estimate of drug-likeness (QED) is 0.370. The van der Waals surface area contributed by atoms with E-state index in [1.807, 2.05) is 0 Å². The average molecular weight is 303 g/mol. The topological polar surface area (TPSA) is 80.0 Å². The summed E-state index contributed by atoms with van der Waals surface area (Å²) in [6.45, 7) is 2.82. The van der Waals surface area contributed by atoms with Gasteiger partial charge in [-0.25, -0.2) is 0 Å². The summed E-state index contributed by atoms with van der Waals surface area (Å²) < 4.78 is 20.7. The smallest absolute Gasteiger partial charge is 0.310 e. The Morgan fingerprint density at radius 2 is 1.57 bits per heavy atom. The molecular weight excluding hydrogens is 274 g/mol. The van der Waals surface area contributed by atoms with E-state index in [1.165, 1.54) is 0 Å². The van der Waals surface area contributed by atoms with Gasteiger partial charge in [0.1, 0.15) is 6.61 Å². The molecule has 6 heteroatoms. The van der Waals surface area contributed by atoms with E-state index in [4.69, 9.17) is 24.7 Å². The zero-order chi connectivity index (χ0) is 15.3. The van der Waals surface area contributed by atoms with E-state index in [2.05, 4.69) is 0 Å². The number of nitrogens with two attached hydrogens (primary N) is 1. The predicted octanol–water partition coefficient (Wildman–Crippen LogP) is 1.12. The summed E-state index contributed by atoms with van der Waals surface area (Å²) in [5.41, 5.74) is 6.03. The summed E-state index contributed by atoms with van der Waals surface area (Å²) in [6.07, 6.45) is 5.08. The van der Waals surface area contributed by atoms with Gasteiger partial charge in [0.2, 0.25) is 0 Å². The van der Waals surface area contributed by atoms with Gasteiger partial charge < -0.3 is 24.7 Å². The maximum Gasteiger partial charge on any atom is 0.310 e. The van der Waals surface area contributed by atoms with Crippen molar-refractivity contribution in [2.24, 2.45) is 11.7 Å². The fraction of sp³-hybridized carbons (Fsp3) is 0.933. The monoisotopic (exact) mass is 303 g/mol. The maximum atomic E-state index is 12.0. The molecule has 1 saturated carbocycles. The molecule has 21 heavy (non-hydrogen) atoms. The van der Waals surface area contributed by atoms with Gasteiger partial charge in [-0.1, -0.05) is 19.3 Å². The third-order valence-corrected chi connectivity index (χ3v) is 3.65. The van der Waals surface area contributed by atoms with E-state index < -0.39 is 0 Å². The van der Waals surface area contributed by atoms with Gasteiger partial charge in [0.15, 0.2) is 0 Å². The van der Waals surface area contributed by atoms with Crippen molar-refractivity contribution in [2.45, 2.75) is 38.1 Å². The standard InChI is InChI=1S/C15H29NO5/c1-18-7-8-19-9-10-20-11-12-21-15(17)13-5-3-2-4-6-14(13)16/h13-14H,2-12,16H2,1H3. The van der Waals surface area contributed by atoms with Crippen LogP contribution in [0.1, 0.15) is 32.1 Å². The van der Waals surface area contributed by atoms with E-state index in [9.17, 15) is 4.79 Å². The Hall–Kier alpha value is -0.690. The highest BCUT2D eigenvalue weighted by molar-refractivity contribution is 5.73. The molecule has 1 fully saturated rings. The molecule has 0 aliphatic heterocycles. The Morgan fingerprint density at radius 3 is 2.29 bits per heavy atom.